The van der Waals surface area contributed by atoms with Crippen LogP contribution in [0.15, 0.2) is 47.5 Å². The van der Waals surface area contributed by atoms with E-state index in [2.05, 4.69) is 10.3 Å². The molecule has 1 saturated carbocycles. The fraction of sp³-hybridized carbons (Fsp3) is 0.533. The maximum Gasteiger partial charge on any atom is 0.411 e. The second-order valence-electron chi connectivity index (χ2n) is 13.4. The van der Waals surface area contributed by atoms with Crippen LogP contribution in [0.2, 0.25) is 0 Å². The second-order valence-corrected chi connectivity index (χ2v) is 15.8. The maximum atomic E-state index is 15.3. The lowest BCUT2D eigenvalue weighted by molar-refractivity contribution is -0.129. The van der Waals surface area contributed by atoms with Crippen LogP contribution in [0.5, 0.6) is 0 Å². The number of hydrogen-bond donors (Lipinski definition) is 2. The predicted octanol–water partition coefficient (Wildman–Crippen LogP) is 7.41. The molecule has 2 aromatic rings. The van der Waals surface area contributed by atoms with Crippen molar-refractivity contribution in [3.05, 3.63) is 54.1 Å². The van der Waals surface area contributed by atoms with Crippen LogP contribution < -0.4 is 10.2 Å². The first kappa shape index (κ1) is 37.2. The summed E-state index contributed by atoms with van der Waals surface area (Å²) in [5.74, 6) is -6.67. The summed E-state index contributed by atoms with van der Waals surface area (Å²) < 4.78 is 117. The monoisotopic (exact) mass is 716 g/mol. The smallest absolute Gasteiger partial charge is 0.411 e. The Labute approximate surface area is 271 Å². The number of pyridine rings is 1. The number of halogens is 8. The zero-order valence-corrected chi connectivity index (χ0v) is 27.2. The van der Waals surface area contributed by atoms with Crippen LogP contribution in [0.25, 0.3) is 0 Å². The van der Waals surface area contributed by atoms with Gasteiger partial charge in [-0.05, 0) is 70.9 Å². The summed E-state index contributed by atoms with van der Waals surface area (Å²) in [4.78, 5) is 44.2. The molecule has 0 bridgehead atoms. The van der Waals surface area contributed by atoms with Crippen molar-refractivity contribution in [2.45, 2.75) is 99.9 Å². The molecule has 0 radical (unpaired) electrons. The Kier molecular flexibility index (Phi) is 9.09. The Hall–Kier alpha value is -3.67. The molecule has 18 heteroatoms. The van der Waals surface area contributed by atoms with Crippen LogP contribution >= 0.6 is 10.2 Å². The van der Waals surface area contributed by atoms with Crippen LogP contribution in [-0.4, -0.2) is 68.7 Å². The topological polar surface area (TPSA) is 112 Å². The Morgan fingerprint density at radius 2 is 1.65 bits per heavy atom. The predicted molar refractivity (Wildman–Crippen MR) is 160 cm³/mol. The van der Waals surface area contributed by atoms with Gasteiger partial charge in [-0.1, -0.05) is 25.5 Å². The molecule has 3 amide bonds. The number of carbonyl (C=O) groups excluding carboxylic acids is 3. The van der Waals surface area contributed by atoms with E-state index in [-0.39, 0.29) is 25.0 Å². The fourth-order valence-corrected chi connectivity index (χ4v) is 6.34. The van der Waals surface area contributed by atoms with Crippen LogP contribution in [0.1, 0.15) is 71.4 Å². The molecule has 4 rings (SSSR count). The lowest BCUT2D eigenvalue weighted by atomic mass is 9.91. The molecule has 268 valence electrons. The summed E-state index contributed by atoms with van der Waals surface area (Å²) in [5, 5.41) is 13.4. The van der Waals surface area contributed by atoms with Gasteiger partial charge >= 0.3 is 16.3 Å². The number of carbonyl (C=O) groups is 3. The van der Waals surface area contributed by atoms with E-state index in [9.17, 15) is 47.7 Å². The molecule has 2 N–H and O–H groups in total. The SMILES string of the molecule is CC(C)(C)OC(=O)N1C[C@](C)(O)CC1C(=O)N(c1ccc(S(F)(F)(F)(F)F)cc1)C(C(=O)NC1CCC(F)(F)CC1)c1cccnc1F. The molecule has 2 aliphatic rings. The van der Waals surface area contributed by atoms with Gasteiger partial charge in [0, 0.05) is 42.8 Å². The number of nitrogens with zero attached hydrogens (tertiary/aromatic N) is 3. The van der Waals surface area contributed by atoms with E-state index < -0.39 is 111 Å². The van der Waals surface area contributed by atoms with Gasteiger partial charge in [-0.15, -0.1) is 0 Å². The summed E-state index contributed by atoms with van der Waals surface area (Å²) in [6.45, 7) is 5.39. The van der Waals surface area contributed by atoms with E-state index in [0.717, 1.165) is 17.2 Å². The molecule has 3 atom stereocenters. The normalized spacial score (nSPS) is 23.9. The van der Waals surface area contributed by atoms with Crippen LogP contribution in [-0.2, 0) is 14.3 Å². The lowest BCUT2D eigenvalue weighted by Crippen LogP contribution is -2.54. The highest BCUT2D eigenvalue weighted by atomic mass is 32.5. The molecule has 2 fully saturated rings. The highest BCUT2D eigenvalue weighted by Gasteiger charge is 2.65. The highest BCUT2D eigenvalue weighted by molar-refractivity contribution is 8.45. The van der Waals surface area contributed by atoms with Crippen molar-refractivity contribution in [1.29, 1.82) is 0 Å². The summed E-state index contributed by atoms with van der Waals surface area (Å²) in [6.07, 6.45) is -2.14. The van der Waals surface area contributed by atoms with E-state index in [4.69, 9.17) is 4.74 Å². The van der Waals surface area contributed by atoms with E-state index >= 15 is 4.39 Å². The molecule has 1 saturated heterocycles. The quantitative estimate of drug-likeness (QED) is 0.228. The third kappa shape index (κ3) is 8.86. The van der Waals surface area contributed by atoms with Crippen LogP contribution in [0.4, 0.5) is 43.1 Å². The molecule has 2 heterocycles. The number of β-amino-alcohol motifs (C(OH)–C–C–N with tert-alkyl or cyclic N) is 1. The standard InChI is InChI=1S/C30H36F8N4O5S/c1-28(2,3)47-27(45)41-17-29(4,46)16-22(41)26(44)42(19-7-9-20(10-8-19)48(34,35,36,37)38)23(21-6-5-15-39-24(21)31)25(43)40-18-11-13-30(32,33)14-12-18/h5-10,15,18,22-23,46H,11-14,16-17H2,1-4H3,(H,40,43)/t22?,23?,29-/m1/s1. The van der Waals surface area contributed by atoms with Crippen molar-refractivity contribution >= 4 is 33.8 Å². The van der Waals surface area contributed by atoms with Gasteiger partial charge < -0.3 is 15.2 Å². The summed E-state index contributed by atoms with van der Waals surface area (Å²) >= 11 is 0. The molecule has 0 spiro atoms. The zero-order valence-electron chi connectivity index (χ0n) is 26.4. The van der Waals surface area contributed by atoms with Crippen molar-refractivity contribution in [3.8, 4) is 0 Å². The van der Waals surface area contributed by atoms with Gasteiger partial charge in [0.15, 0.2) is 0 Å². The van der Waals surface area contributed by atoms with Crippen molar-refractivity contribution in [1.82, 2.24) is 15.2 Å². The summed E-state index contributed by atoms with van der Waals surface area (Å²) in [7, 11) is -10.2. The molecule has 1 aromatic heterocycles. The lowest BCUT2D eigenvalue weighted by Gasteiger charge is -2.41. The third-order valence-electron chi connectivity index (χ3n) is 7.88. The number of aromatic nitrogens is 1. The van der Waals surface area contributed by atoms with Gasteiger partial charge in [0.1, 0.15) is 22.6 Å². The van der Waals surface area contributed by atoms with Gasteiger partial charge in [-0.2, -0.15) is 4.39 Å². The number of rotatable bonds is 7. The Morgan fingerprint density at radius 1 is 1.06 bits per heavy atom. The number of alkyl halides is 2. The number of aliphatic hydroxyl groups is 1. The van der Waals surface area contributed by atoms with Gasteiger partial charge in [0.25, 0.3) is 5.91 Å². The van der Waals surface area contributed by atoms with Crippen molar-refractivity contribution in [3.63, 3.8) is 0 Å². The minimum atomic E-state index is -10.2. The number of anilines is 1. The van der Waals surface area contributed by atoms with E-state index in [1.807, 2.05) is 0 Å². The zero-order chi connectivity index (χ0) is 36.2. The average molecular weight is 717 g/mol. The van der Waals surface area contributed by atoms with E-state index in [1.165, 1.54) is 33.8 Å². The fourth-order valence-electron chi connectivity index (χ4n) is 5.69. The molecule has 2 unspecified atom stereocenters. The summed E-state index contributed by atoms with van der Waals surface area (Å²) in [5.41, 5.74) is -3.99. The molecule has 9 nitrogen and oxygen atoms in total. The maximum absolute atomic E-state index is 15.3. The van der Waals surface area contributed by atoms with Crippen LogP contribution in [0.3, 0.4) is 0 Å². The number of likely N-dealkylation sites (tertiary alicyclic amines) is 1. The Bertz CT molecular complexity index is 1560. The molecular weight excluding hydrogens is 680 g/mol. The van der Waals surface area contributed by atoms with Gasteiger partial charge in [-0.25, -0.2) is 18.6 Å². The first-order valence-electron chi connectivity index (χ1n) is 14.8. The Morgan fingerprint density at radius 3 is 2.17 bits per heavy atom. The van der Waals surface area contributed by atoms with Gasteiger partial charge in [-0.3, -0.25) is 19.4 Å². The van der Waals surface area contributed by atoms with E-state index in [0.29, 0.717) is 17.0 Å². The minimum absolute atomic E-state index is 0.00854. The molecular formula is C30H36F8N4O5S. The molecule has 1 aliphatic carbocycles. The highest BCUT2D eigenvalue weighted by Crippen LogP contribution is 3.02. The number of ether oxygens (including phenoxy) is 1. The number of nitrogens with one attached hydrogen (secondary N) is 1. The third-order valence-corrected chi connectivity index (χ3v) is 9.05. The average Bonchev–Trinajstić information content (AvgIpc) is 3.26. The van der Waals surface area contributed by atoms with Gasteiger partial charge in [0.05, 0.1) is 12.1 Å². The number of hydrogen-bond acceptors (Lipinski definition) is 6. The van der Waals surface area contributed by atoms with E-state index in [1.54, 1.807) is 0 Å². The molecule has 48 heavy (non-hydrogen) atoms. The second kappa shape index (κ2) is 11.7. The Balaban J connectivity index is 1.87. The first-order valence-corrected chi connectivity index (χ1v) is 16.8. The van der Waals surface area contributed by atoms with Crippen molar-refractivity contribution in [2.75, 3.05) is 11.4 Å². The van der Waals surface area contributed by atoms with Crippen molar-refractivity contribution < 1.29 is 56.8 Å². The molecule has 1 aliphatic heterocycles. The van der Waals surface area contributed by atoms with Crippen LogP contribution in [0, 0.1) is 5.95 Å². The molecule has 1 aromatic carbocycles. The largest absolute Gasteiger partial charge is 0.444 e. The summed E-state index contributed by atoms with van der Waals surface area (Å²) in [6, 6.07) is -1.47. The van der Waals surface area contributed by atoms with Crippen molar-refractivity contribution in [2.24, 2.45) is 0 Å². The number of benzene rings is 1. The minimum Gasteiger partial charge on any atom is -0.444 e. The first-order chi connectivity index (χ1) is 21.7. The number of amides is 3. The van der Waals surface area contributed by atoms with Gasteiger partial charge in [0.2, 0.25) is 17.8 Å².